The number of hydrogen-bond acceptors (Lipinski definition) is 4. The first-order valence-corrected chi connectivity index (χ1v) is 10.7. The Morgan fingerprint density at radius 3 is 2.57 bits per heavy atom. The van der Waals surface area contributed by atoms with Crippen LogP contribution < -0.4 is 5.32 Å². The van der Waals surface area contributed by atoms with Crippen molar-refractivity contribution >= 4 is 11.8 Å². The maximum Gasteiger partial charge on any atom is 0.237 e. The average Bonchev–Trinajstić information content (AvgIpc) is 2.91. The average molecular weight is 383 g/mol. The minimum atomic E-state index is 0.0309. The van der Waals surface area contributed by atoms with Gasteiger partial charge in [-0.1, -0.05) is 24.3 Å². The van der Waals surface area contributed by atoms with Crippen LogP contribution in [0.1, 0.15) is 24.0 Å². The second kappa shape index (κ2) is 7.48. The normalized spacial score (nSPS) is 28.9. The molecule has 0 saturated carbocycles. The summed E-state index contributed by atoms with van der Waals surface area (Å²) in [6.07, 6.45) is 4.64. The van der Waals surface area contributed by atoms with Crippen LogP contribution in [0.25, 0.3) is 0 Å². The van der Waals surface area contributed by atoms with Crippen molar-refractivity contribution in [2.75, 3.05) is 45.8 Å². The van der Waals surface area contributed by atoms with E-state index in [0.29, 0.717) is 37.6 Å². The summed E-state index contributed by atoms with van der Waals surface area (Å²) in [5.41, 5.74) is 3.00. The molecule has 1 aromatic rings. The van der Waals surface area contributed by atoms with Crippen molar-refractivity contribution in [1.82, 2.24) is 20.0 Å². The minimum absolute atomic E-state index is 0.0309. The fourth-order valence-electron chi connectivity index (χ4n) is 5.62. The Labute approximate surface area is 166 Å². The Morgan fingerprint density at radius 1 is 1.04 bits per heavy atom. The van der Waals surface area contributed by atoms with Crippen LogP contribution in [0.15, 0.2) is 24.3 Å². The van der Waals surface area contributed by atoms with Gasteiger partial charge in [-0.3, -0.25) is 19.4 Å². The van der Waals surface area contributed by atoms with E-state index in [4.69, 9.17) is 0 Å². The summed E-state index contributed by atoms with van der Waals surface area (Å²) < 4.78 is 0. The fraction of sp³-hybridized carbons (Fsp3) is 0.636. The Balaban J connectivity index is 1.24. The molecular formula is C22H30N4O2. The maximum atomic E-state index is 13.1. The van der Waals surface area contributed by atoms with Crippen molar-refractivity contribution in [3.8, 4) is 0 Å². The summed E-state index contributed by atoms with van der Waals surface area (Å²) in [5, 5.41) is 2.83. The van der Waals surface area contributed by atoms with Gasteiger partial charge in [0, 0.05) is 44.8 Å². The lowest BCUT2D eigenvalue weighted by molar-refractivity contribution is -0.137. The third-order valence-electron chi connectivity index (χ3n) is 7.08. The summed E-state index contributed by atoms with van der Waals surface area (Å²) in [6, 6.07) is 9.75. The molecule has 2 atom stereocenters. The van der Waals surface area contributed by atoms with Gasteiger partial charge in [0.05, 0.1) is 13.1 Å². The molecule has 2 bridgehead atoms. The summed E-state index contributed by atoms with van der Waals surface area (Å²) in [7, 11) is 0. The molecule has 4 aliphatic heterocycles. The Hall–Kier alpha value is -1.92. The van der Waals surface area contributed by atoms with Gasteiger partial charge in [0.1, 0.15) is 0 Å². The molecular weight excluding hydrogens is 352 g/mol. The molecule has 6 nitrogen and oxygen atoms in total. The van der Waals surface area contributed by atoms with E-state index in [1.807, 2.05) is 4.90 Å². The van der Waals surface area contributed by atoms with Crippen LogP contribution in [0.3, 0.4) is 0 Å². The van der Waals surface area contributed by atoms with E-state index < -0.39 is 0 Å². The van der Waals surface area contributed by atoms with E-state index in [-0.39, 0.29) is 11.8 Å². The molecule has 1 aliphatic carbocycles. The second-order valence-corrected chi connectivity index (χ2v) is 8.99. The van der Waals surface area contributed by atoms with Crippen molar-refractivity contribution in [1.29, 1.82) is 0 Å². The van der Waals surface area contributed by atoms with Gasteiger partial charge in [-0.05, 0) is 42.7 Å². The highest BCUT2D eigenvalue weighted by Crippen LogP contribution is 2.33. The SMILES string of the molecule is O=C1CN(CC(=O)N2C[C@H]3CC[C@@H]2CN(C2Cc4ccccc4C2)C3)CCN1. The molecule has 4 heterocycles. The first-order chi connectivity index (χ1) is 13.7. The lowest BCUT2D eigenvalue weighted by Gasteiger charge is -2.38. The topological polar surface area (TPSA) is 55.9 Å². The van der Waals surface area contributed by atoms with Crippen LogP contribution in [0.2, 0.25) is 0 Å². The molecule has 150 valence electrons. The lowest BCUT2D eigenvalue weighted by Crippen LogP contribution is -2.54. The van der Waals surface area contributed by atoms with Gasteiger partial charge in [-0.15, -0.1) is 0 Å². The summed E-state index contributed by atoms with van der Waals surface area (Å²) in [4.78, 5) is 31.5. The number of piperazine rings is 1. The fourth-order valence-corrected chi connectivity index (χ4v) is 5.62. The van der Waals surface area contributed by atoms with Crippen LogP contribution in [-0.2, 0) is 22.4 Å². The number of rotatable bonds is 3. The number of piperidine rings is 1. The van der Waals surface area contributed by atoms with Gasteiger partial charge in [0.25, 0.3) is 0 Å². The van der Waals surface area contributed by atoms with E-state index in [1.165, 1.54) is 17.5 Å². The zero-order chi connectivity index (χ0) is 19.1. The number of fused-ring (bicyclic) bond motifs is 5. The Bertz CT molecular complexity index is 742. The molecule has 6 heteroatoms. The molecule has 4 fully saturated rings. The highest BCUT2D eigenvalue weighted by atomic mass is 16.2. The molecule has 6 rings (SSSR count). The molecule has 0 aromatic heterocycles. The van der Waals surface area contributed by atoms with E-state index in [0.717, 1.165) is 45.4 Å². The van der Waals surface area contributed by atoms with Crippen LogP contribution in [-0.4, -0.2) is 84.4 Å². The van der Waals surface area contributed by atoms with E-state index in [1.54, 1.807) is 0 Å². The van der Waals surface area contributed by atoms with Crippen LogP contribution in [0.5, 0.6) is 0 Å². The third-order valence-corrected chi connectivity index (χ3v) is 7.08. The number of nitrogens with zero attached hydrogens (tertiary/aromatic N) is 3. The number of carbonyl (C=O) groups excluding carboxylic acids is 2. The third kappa shape index (κ3) is 3.55. The van der Waals surface area contributed by atoms with Gasteiger partial charge in [-0.2, -0.15) is 0 Å². The molecule has 5 aliphatic rings. The molecule has 4 saturated heterocycles. The minimum Gasteiger partial charge on any atom is -0.354 e. The Morgan fingerprint density at radius 2 is 1.82 bits per heavy atom. The molecule has 0 unspecified atom stereocenters. The molecule has 0 radical (unpaired) electrons. The molecule has 1 N–H and O–H groups in total. The first-order valence-electron chi connectivity index (χ1n) is 10.7. The van der Waals surface area contributed by atoms with Gasteiger partial charge in [0.2, 0.25) is 11.8 Å². The number of benzene rings is 1. The second-order valence-electron chi connectivity index (χ2n) is 8.99. The van der Waals surface area contributed by atoms with Crippen molar-refractivity contribution in [2.45, 2.75) is 37.8 Å². The number of amides is 2. The number of nitrogens with one attached hydrogen (secondary N) is 1. The standard InChI is InChI=1S/C22H30N4O2/c27-21-14-24(8-7-23-21)15-22(28)26-12-16-5-6-19(26)13-25(11-16)20-9-17-3-1-2-4-18(17)10-20/h1-4,16,19-20H,5-15H2,(H,23,27)/t16-,19+/m0/s1. The van der Waals surface area contributed by atoms with E-state index >= 15 is 0 Å². The highest BCUT2D eigenvalue weighted by molar-refractivity contribution is 5.82. The van der Waals surface area contributed by atoms with Gasteiger partial charge < -0.3 is 10.2 Å². The smallest absolute Gasteiger partial charge is 0.237 e. The summed E-state index contributed by atoms with van der Waals surface area (Å²) in [5.74, 6) is 0.820. The highest BCUT2D eigenvalue weighted by Gasteiger charge is 2.40. The summed E-state index contributed by atoms with van der Waals surface area (Å²) in [6.45, 7) is 5.15. The van der Waals surface area contributed by atoms with Gasteiger partial charge in [0.15, 0.2) is 0 Å². The molecule has 2 amide bonds. The van der Waals surface area contributed by atoms with Crippen molar-refractivity contribution < 1.29 is 9.59 Å². The molecule has 1 aromatic carbocycles. The van der Waals surface area contributed by atoms with Crippen molar-refractivity contribution in [3.05, 3.63) is 35.4 Å². The van der Waals surface area contributed by atoms with Gasteiger partial charge in [-0.25, -0.2) is 0 Å². The zero-order valence-corrected chi connectivity index (χ0v) is 16.5. The predicted molar refractivity (Wildman–Crippen MR) is 107 cm³/mol. The molecule has 0 spiro atoms. The maximum absolute atomic E-state index is 13.1. The van der Waals surface area contributed by atoms with Crippen molar-refractivity contribution in [2.24, 2.45) is 5.92 Å². The number of carbonyl (C=O) groups is 2. The quantitative estimate of drug-likeness (QED) is 0.828. The van der Waals surface area contributed by atoms with E-state index in [9.17, 15) is 9.59 Å². The van der Waals surface area contributed by atoms with Crippen LogP contribution in [0.4, 0.5) is 0 Å². The van der Waals surface area contributed by atoms with Crippen LogP contribution >= 0.6 is 0 Å². The van der Waals surface area contributed by atoms with Gasteiger partial charge >= 0.3 is 0 Å². The first kappa shape index (κ1) is 18.1. The zero-order valence-electron chi connectivity index (χ0n) is 16.5. The summed E-state index contributed by atoms with van der Waals surface area (Å²) >= 11 is 0. The largest absolute Gasteiger partial charge is 0.354 e. The van der Waals surface area contributed by atoms with Crippen LogP contribution in [0, 0.1) is 5.92 Å². The monoisotopic (exact) mass is 382 g/mol. The van der Waals surface area contributed by atoms with Crippen molar-refractivity contribution in [3.63, 3.8) is 0 Å². The lowest BCUT2D eigenvalue weighted by atomic mass is 9.95. The predicted octanol–water partition coefficient (Wildman–Crippen LogP) is 0.508. The van der Waals surface area contributed by atoms with E-state index in [2.05, 4.69) is 39.4 Å². The molecule has 28 heavy (non-hydrogen) atoms. The number of hydrogen-bond donors (Lipinski definition) is 1. The Kier molecular flexibility index (Phi) is 4.85.